The number of rotatable bonds is 9. The lowest BCUT2D eigenvalue weighted by molar-refractivity contribution is -0.427. The molecule has 1 aliphatic heterocycles. The Balaban J connectivity index is 1.80. The van der Waals surface area contributed by atoms with Crippen molar-refractivity contribution in [1.29, 1.82) is 0 Å². The maximum absolute atomic E-state index is 10.7. The third kappa shape index (κ3) is 6.59. The number of ether oxygens (including phenoxy) is 1. The van der Waals surface area contributed by atoms with Crippen LogP contribution < -0.4 is 10.5 Å². The molecule has 0 unspecified atom stereocenters. The lowest BCUT2D eigenvalue weighted by Crippen LogP contribution is -2.29. The average molecular weight is 365 g/mol. The summed E-state index contributed by atoms with van der Waals surface area (Å²) in [6.45, 7) is 3.83. The molecule has 0 aromatic heterocycles. The zero-order valence-electron chi connectivity index (χ0n) is 14.8. The second-order valence-electron chi connectivity index (χ2n) is 6.21. The number of nitrogens with two attached hydrogens (primary N) is 1. The van der Waals surface area contributed by atoms with Gasteiger partial charge in [-0.2, -0.15) is 0 Å². The largest absolute Gasteiger partial charge is 0.494 e. The Morgan fingerprint density at radius 2 is 2.12 bits per heavy atom. The summed E-state index contributed by atoms with van der Waals surface area (Å²) in [6, 6.07) is 8.20. The smallest absolute Gasteiger partial charge is 0.323 e. The molecule has 0 radical (unpaired) electrons. The number of thioether (sulfide) groups is 1. The Hall–Kier alpha value is -1.73. The van der Waals surface area contributed by atoms with E-state index in [9.17, 15) is 10.1 Å². The van der Waals surface area contributed by atoms with Crippen LogP contribution in [0.1, 0.15) is 37.7 Å². The van der Waals surface area contributed by atoms with E-state index in [0.717, 1.165) is 12.3 Å². The fraction of sp³-hybridized carbons (Fsp3) is 0.556. The van der Waals surface area contributed by atoms with Crippen molar-refractivity contribution in [2.75, 3.05) is 26.0 Å². The molecule has 25 heavy (non-hydrogen) atoms. The first-order valence-corrected chi connectivity index (χ1v) is 9.93. The van der Waals surface area contributed by atoms with Gasteiger partial charge < -0.3 is 14.9 Å². The molecular weight excluding hydrogens is 338 g/mol. The number of hydrogen-bond donors (Lipinski definition) is 1. The highest BCUT2D eigenvalue weighted by Crippen LogP contribution is 2.22. The van der Waals surface area contributed by atoms with Crippen LogP contribution in [0, 0.1) is 10.1 Å². The minimum absolute atomic E-state index is 0.254. The molecule has 6 nitrogen and oxygen atoms in total. The van der Waals surface area contributed by atoms with E-state index in [-0.39, 0.29) is 5.82 Å². The predicted octanol–water partition coefficient (Wildman–Crippen LogP) is 3.60. The van der Waals surface area contributed by atoms with Gasteiger partial charge in [0.2, 0.25) is 0 Å². The number of likely N-dealkylation sites (tertiary alicyclic amines) is 1. The van der Waals surface area contributed by atoms with E-state index in [4.69, 9.17) is 10.5 Å². The minimum atomic E-state index is -0.531. The summed E-state index contributed by atoms with van der Waals surface area (Å²) in [5, 5.41) is 10.7. The summed E-state index contributed by atoms with van der Waals surface area (Å²) in [5.74, 6) is 0.600. The number of nitro groups is 1. The first kappa shape index (κ1) is 19.6. The maximum Gasteiger partial charge on any atom is 0.323 e. The normalized spacial score (nSPS) is 16.4. The van der Waals surface area contributed by atoms with E-state index in [1.165, 1.54) is 49.7 Å². The van der Waals surface area contributed by atoms with Crippen LogP contribution in [0.15, 0.2) is 35.0 Å². The molecule has 1 aliphatic rings. The van der Waals surface area contributed by atoms with E-state index in [1.54, 1.807) is 6.26 Å². The van der Waals surface area contributed by atoms with Crippen LogP contribution in [0.4, 0.5) is 0 Å². The van der Waals surface area contributed by atoms with Gasteiger partial charge in [-0.05, 0) is 67.6 Å². The zero-order chi connectivity index (χ0) is 18.1. The minimum Gasteiger partial charge on any atom is -0.494 e. The van der Waals surface area contributed by atoms with Crippen molar-refractivity contribution >= 4 is 11.8 Å². The highest BCUT2D eigenvalue weighted by Gasteiger charge is 2.12. The summed E-state index contributed by atoms with van der Waals surface area (Å²) >= 11 is 1.33. The third-order valence-corrected chi connectivity index (χ3v) is 5.21. The van der Waals surface area contributed by atoms with Crippen LogP contribution in [0.5, 0.6) is 5.75 Å². The van der Waals surface area contributed by atoms with Gasteiger partial charge in [-0.1, -0.05) is 18.6 Å². The topological polar surface area (TPSA) is 81.6 Å². The van der Waals surface area contributed by atoms with Crippen molar-refractivity contribution in [1.82, 2.24) is 4.90 Å². The lowest BCUT2D eigenvalue weighted by Gasteiger charge is -2.26. The Morgan fingerprint density at radius 1 is 1.36 bits per heavy atom. The second-order valence-corrected chi connectivity index (χ2v) is 7.11. The standard InChI is InChI=1S/C18H27N3O3S/c1-25-17(18(19)21(22)23)9-6-12-24-16-8-5-7-15(13-16)14-20-10-3-2-4-11-20/h5,7-8,13H,2-4,6,9-12,14,19H2,1H3. The molecule has 0 atom stereocenters. The van der Waals surface area contributed by atoms with Gasteiger partial charge in [0.25, 0.3) is 0 Å². The summed E-state index contributed by atoms with van der Waals surface area (Å²) < 4.78 is 5.81. The van der Waals surface area contributed by atoms with Gasteiger partial charge in [0.05, 0.1) is 11.5 Å². The fourth-order valence-corrected chi connectivity index (χ4v) is 3.60. The summed E-state index contributed by atoms with van der Waals surface area (Å²) in [7, 11) is 0. The third-order valence-electron chi connectivity index (χ3n) is 4.30. The summed E-state index contributed by atoms with van der Waals surface area (Å²) in [6.07, 6.45) is 6.97. The molecule has 1 heterocycles. The van der Waals surface area contributed by atoms with Gasteiger partial charge in [-0.25, -0.2) is 0 Å². The van der Waals surface area contributed by atoms with Crippen LogP contribution in [-0.2, 0) is 6.54 Å². The Morgan fingerprint density at radius 3 is 2.80 bits per heavy atom. The van der Waals surface area contributed by atoms with Gasteiger partial charge in [-0.3, -0.25) is 10.6 Å². The molecule has 7 heteroatoms. The van der Waals surface area contributed by atoms with Crippen molar-refractivity contribution in [3.05, 3.63) is 50.7 Å². The van der Waals surface area contributed by atoms with Crippen LogP contribution in [-0.4, -0.2) is 35.8 Å². The summed E-state index contributed by atoms with van der Waals surface area (Å²) in [5.41, 5.74) is 6.75. The van der Waals surface area contributed by atoms with E-state index < -0.39 is 4.92 Å². The highest BCUT2D eigenvalue weighted by atomic mass is 32.2. The van der Waals surface area contributed by atoms with Crippen LogP contribution >= 0.6 is 11.8 Å². The van der Waals surface area contributed by atoms with Crippen LogP contribution in [0.25, 0.3) is 0 Å². The first-order chi connectivity index (χ1) is 12.1. The number of piperidine rings is 1. The van der Waals surface area contributed by atoms with Crippen molar-refractivity contribution in [2.24, 2.45) is 5.73 Å². The molecule has 0 amide bonds. The maximum atomic E-state index is 10.7. The second kappa shape index (κ2) is 10.3. The fourth-order valence-electron chi connectivity index (χ4n) is 2.97. The molecule has 1 aromatic carbocycles. The van der Waals surface area contributed by atoms with Gasteiger partial charge in [0.15, 0.2) is 0 Å². The van der Waals surface area contributed by atoms with Gasteiger partial charge >= 0.3 is 5.82 Å². The SMILES string of the molecule is CSC(CCCOc1cccc(CN2CCCCC2)c1)=C(N)[N+](=O)[O-]. The Labute approximate surface area is 153 Å². The van der Waals surface area contributed by atoms with E-state index >= 15 is 0 Å². The van der Waals surface area contributed by atoms with Gasteiger partial charge in [0.1, 0.15) is 5.75 Å². The molecule has 1 fully saturated rings. The van der Waals surface area contributed by atoms with E-state index in [2.05, 4.69) is 17.0 Å². The Bertz CT molecular complexity index is 601. The first-order valence-electron chi connectivity index (χ1n) is 8.71. The zero-order valence-corrected chi connectivity index (χ0v) is 15.6. The van der Waals surface area contributed by atoms with Crippen molar-refractivity contribution in [2.45, 2.75) is 38.6 Å². The molecule has 0 bridgehead atoms. The van der Waals surface area contributed by atoms with Crippen molar-refractivity contribution in [3.63, 3.8) is 0 Å². The van der Waals surface area contributed by atoms with E-state index in [0.29, 0.717) is 24.4 Å². The lowest BCUT2D eigenvalue weighted by atomic mass is 10.1. The van der Waals surface area contributed by atoms with Crippen molar-refractivity contribution in [3.8, 4) is 5.75 Å². The number of benzene rings is 1. The monoisotopic (exact) mass is 365 g/mol. The van der Waals surface area contributed by atoms with Crippen LogP contribution in [0.3, 0.4) is 0 Å². The van der Waals surface area contributed by atoms with E-state index in [1.807, 2.05) is 12.1 Å². The molecule has 0 spiro atoms. The molecule has 1 saturated heterocycles. The molecule has 0 saturated carbocycles. The molecule has 138 valence electrons. The number of allylic oxidation sites excluding steroid dienone is 1. The predicted molar refractivity (Wildman–Crippen MR) is 102 cm³/mol. The number of hydrogen-bond acceptors (Lipinski definition) is 6. The van der Waals surface area contributed by atoms with Crippen LogP contribution in [0.2, 0.25) is 0 Å². The van der Waals surface area contributed by atoms with Gasteiger partial charge in [0, 0.05) is 6.54 Å². The number of nitrogens with zero attached hydrogens (tertiary/aromatic N) is 2. The molecule has 0 aliphatic carbocycles. The molecule has 1 aromatic rings. The molecule has 2 N–H and O–H groups in total. The molecule has 2 rings (SSSR count). The Kier molecular flexibility index (Phi) is 8.08. The van der Waals surface area contributed by atoms with Gasteiger partial charge in [-0.15, -0.1) is 11.8 Å². The molecular formula is C18H27N3O3S. The quantitative estimate of drug-likeness (QED) is 0.409. The summed E-state index contributed by atoms with van der Waals surface area (Å²) in [4.78, 5) is 13.3. The highest BCUT2D eigenvalue weighted by molar-refractivity contribution is 8.02. The van der Waals surface area contributed by atoms with Crippen molar-refractivity contribution < 1.29 is 9.66 Å². The average Bonchev–Trinajstić information content (AvgIpc) is 2.62.